The fraction of sp³-hybridized carbons (Fsp3) is 0.200. The van der Waals surface area contributed by atoms with Gasteiger partial charge in [0.05, 0.1) is 5.02 Å². The second-order valence-corrected chi connectivity index (χ2v) is 4.51. The number of aryl methyl sites for hydroxylation is 1. The van der Waals surface area contributed by atoms with Crippen LogP contribution in [0, 0.1) is 6.92 Å². The molecule has 0 radical (unpaired) electrons. The zero-order valence-electron chi connectivity index (χ0n) is 8.50. The van der Waals surface area contributed by atoms with Crippen molar-refractivity contribution in [2.24, 2.45) is 0 Å². The first-order chi connectivity index (χ1) is 7.65. The van der Waals surface area contributed by atoms with E-state index < -0.39 is 0 Å². The number of rotatable bonds is 3. The summed E-state index contributed by atoms with van der Waals surface area (Å²) in [5.41, 5.74) is 1.08. The summed E-state index contributed by atoms with van der Waals surface area (Å²) in [7, 11) is 0. The van der Waals surface area contributed by atoms with Gasteiger partial charge in [0.2, 0.25) is 0 Å². The van der Waals surface area contributed by atoms with Crippen molar-refractivity contribution in [1.29, 1.82) is 0 Å². The van der Waals surface area contributed by atoms with Gasteiger partial charge < -0.3 is 9.84 Å². The van der Waals surface area contributed by atoms with Gasteiger partial charge in [-0.15, -0.1) is 0 Å². The normalized spacial score (nSPS) is 10.4. The molecule has 6 heteroatoms. The van der Waals surface area contributed by atoms with Crippen molar-refractivity contribution >= 4 is 33.5 Å². The van der Waals surface area contributed by atoms with Gasteiger partial charge in [-0.2, -0.15) is 4.98 Å². The molecular formula is C10H9BrClN3O. The smallest absolute Gasteiger partial charge is 0.321 e. The third-order valence-electron chi connectivity index (χ3n) is 1.96. The van der Waals surface area contributed by atoms with Gasteiger partial charge in [-0.25, -0.2) is 0 Å². The molecule has 0 amide bonds. The number of nitrogens with zero attached hydrogens (tertiary/aromatic N) is 2. The zero-order valence-corrected chi connectivity index (χ0v) is 10.8. The molecule has 1 aromatic heterocycles. The minimum Gasteiger partial charge on any atom is -0.334 e. The van der Waals surface area contributed by atoms with E-state index in [2.05, 4.69) is 31.4 Å². The van der Waals surface area contributed by atoms with Crippen molar-refractivity contribution in [3.63, 3.8) is 0 Å². The molecule has 84 valence electrons. The average molecular weight is 303 g/mol. The van der Waals surface area contributed by atoms with Crippen LogP contribution >= 0.6 is 27.5 Å². The lowest BCUT2D eigenvalue weighted by Crippen LogP contribution is -1.99. The lowest BCUT2D eigenvalue weighted by atomic mass is 10.2. The van der Waals surface area contributed by atoms with Gasteiger partial charge in [0.15, 0.2) is 5.82 Å². The van der Waals surface area contributed by atoms with Gasteiger partial charge in [-0.1, -0.05) is 22.8 Å². The Morgan fingerprint density at radius 1 is 1.50 bits per heavy atom. The number of benzene rings is 1. The maximum Gasteiger partial charge on any atom is 0.321 e. The molecule has 1 heterocycles. The predicted molar refractivity (Wildman–Crippen MR) is 65.5 cm³/mol. The molecule has 4 nitrogen and oxygen atoms in total. The quantitative estimate of drug-likeness (QED) is 0.944. The van der Waals surface area contributed by atoms with Crippen LogP contribution in [0.5, 0.6) is 0 Å². The standard InChI is InChI=1S/C10H9BrClN3O/c1-6-14-10(16-15-6)13-5-7-2-3-9(12)8(11)4-7/h2-4H,5H2,1H3,(H,13,14,15). The third kappa shape index (κ3) is 2.74. The Bertz CT molecular complexity index is 501. The number of hydrogen-bond acceptors (Lipinski definition) is 4. The minimum absolute atomic E-state index is 0.420. The van der Waals surface area contributed by atoms with Crippen molar-refractivity contribution in [3.05, 3.63) is 39.1 Å². The number of hydrogen-bond donors (Lipinski definition) is 1. The monoisotopic (exact) mass is 301 g/mol. The highest BCUT2D eigenvalue weighted by Gasteiger charge is 2.03. The Balaban J connectivity index is 2.02. The van der Waals surface area contributed by atoms with Gasteiger partial charge in [-0.05, 0) is 40.5 Å². The predicted octanol–water partition coefficient (Wildman–Crippen LogP) is 3.41. The SMILES string of the molecule is Cc1noc(NCc2ccc(Cl)c(Br)c2)n1. The molecule has 1 N–H and O–H groups in total. The Hall–Kier alpha value is -1.07. The third-order valence-corrected chi connectivity index (χ3v) is 3.17. The van der Waals surface area contributed by atoms with Crippen LogP contribution in [0.25, 0.3) is 0 Å². The van der Waals surface area contributed by atoms with E-state index >= 15 is 0 Å². The van der Waals surface area contributed by atoms with Gasteiger partial charge >= 0.3 is 6.01 Å². The van der Waals surface area contributed by atoms with Gasteiger partial charge in [0.25, 0.3) is 0 Å². The number of aromatic nitrogens is 2. The molecule has 0 fully saturated rings. The fourth-order valence-corrected chi connectivity index (χ4v) is 1.74. The van der Waals surface area contributed by atoms with E-state index in [0.717, 1.165) is 10.0 Å². The van der Waals surface area contributed by atoms with Crippen molar-refractivity contribution in [3.8, 4) is 0 Å². The second-order valence-electron chi connectivity index (χ2n) is 3.25. The molecule has 0 saturated heterocycles. The first kappa shape index (κ1) is 11.4. The van der Waals surface area contributed by atoms with Crippen LogP contribution in [-0.4, -0.2) is 10.1 Å². The van der Waals surface area contributed by atoms with E-state index in [9.17, 15) is 0 Å². The van der Waals surface area contributed by atoms with Crippen molar-refractivity contribution in [1.82, 2.24) is 10.1 Å². The van der Waals surface area contributed by atoms with E-state index in [-0.39, 0.29) is 0 Å². The van der Waals surface area contributed by atoms with E-state index in [4.69, 9.17) is 16.1 Å². The van der Waals surface area contributed by atoms with E-state index in [1.807, 2.05) is 18.2 Å². The molecule has 2 aromatic rings. The molecule has 0 aliphatic heterocycles. The van der Waals surface area contributed by atoms with Crippen molar-refractivity contribution < 1.29 is 4.52 Å². The molecule has 0 unspecified atom stereocenters. The summed E-state index contributed by atoms with van der Waals surface area (Å²) in [5, 5.41) is 7.40. The summed E-state index contributed by atoms with van der Waals surface area (Å²) >= 11 is 9.26. The van der Waals surface area contributed by atoms with Crippen molar-refractivity contribution in [2.45, 2.75) is 13.5 Å². The van der Waals surface area contributed by atoms with E-state index in [0.29, 0.717) is 23.4 Å². The highest BCUT2D eigenvalue weighted by Crippen LogP contribution is 2.23. The Morgan fingerprint density at radius 3 is 2.94 bits per heavy atom. The molecule has 0 aliphatic rings. The Morgan fingerprint density at radius 2 is 2.31 bits per heavy atom. The van der Waals surface area contributed by atoms with Crippen LogP contribution < -0.4 is 5.32 Å². The van der Waals surface area contributed by atoms with E-state index in [1.165, 1.54) is 0 Å². The van der Waals surface area contributed by atoms with Crippen LogP contribution in [0.4, 0.5) is 6.01 Å². The lowest BCUT2D eigenvalue weighted by Gasteiger charge is -2.03. The van der Waals surface area contributed by atoms with Gasteiger partial charge in [0, 0.05) is 11.0 Å². The summed E-state index contributed by atoms with van der Waals surface area (Å²) in [6, 6.07) is 6.13. The zero-order chi connectivity index (χ0) is 11.5. The Kier molecular flexibility index (Phi) is 3.46. The molecule has 1 aromatic carbocycles. The van der Waals surface area contributed by atoms with Crippen LogP contribution in [0.3, 0.4) is 0 Å². The summed E-state index contributed by atoms with van der Waals surface area (Å²) < 4.78 is 5.80. The van der Waals surface area contributed by atoms with Crippen LogP contribution in [0.2, 0.25) is 5.02 Å². The number of halogens is 2. The van der Waals surface area contributed by atoms with Gasteiger partial charge in [-0.3, -0.25) is 0 Å². The van der Waals surface area contributed by atoms with Crippen molar-refractivity contribution in [2.75, 3.05) is 5.32 Å². The van der Waals surface area contributed by atoms with Crippen LogP contribution in [-0.2, 0) is 6.54 Å². The maximum atomic E-state index is 5.89. The first-order valence-corrected chi connectivity index (χ1v) is 5.80. The molecular weight excluding hydrogens is 293 g/mol. The first-order valence-electron chi connectivity index (χ1n) is 4.63. The highest BCUT2D eigenvalue weighted by molar-refractivity contribution is 9.10. The van der Waals surface area contributed by atoms with Gasteiger partial charge in [0.1, 0.15) is 0 Å². The minimum atomic E-state index is 0.420. The summed E-state index contributed by atoms with van der Waals surface area (Å²) in [5.74, 6) is 0.611. The largest absolute Gasteiger partial charge is 0.334 e. The molecule has 0 spiro atoms. The fourth-order valence-electron chi connectivity index (χ4n) is 1.20. The average Bonchev–Trinajstić information content (AvgIpc) is 2.66. The molecule has 0 saturated carbocycles. The topological polar surface area (TPSA) is 51.0 Å². The summed E-state index contributed by atoms with van der Waals surface area (Å²) in [6.45, 7) is 2.38. The van der Waals surface area contributed by atoms with Crippen LogP contribution in [0.1, 0.15) is 11.4 Å². The number of nitrogens with one attached hydrogen (secondary N) is 1. The second kappa shape index (κ2) is 4.84. The lowest BCUT2D eigenvalue weighted by molar-refractivity contribution is 0.425. The summed E-state index contributed by atoms with van der Waals surface area (Å²) in [6.07, 6.45) is 0. The van der Waals surface area contributed by atoms with Crippen LogP contribution in [0.15, 0.2) is 27.2 Å². The molecule has 0 atom stereocenters. The summed E-state index contributed by atoms with van der Waals surface area (Å²) in [4.78, 5) is 4.04. The maximum absolute atomic E-state index is 5.89. The number of anilines is 1. The molecule has 16 heavy (non-hydrogen) atoms. The Labute approximate surface area is 106 Å². The van der Waals surface area contributed by atoms with E-state index in [1.54, 1.807) is 6.92 Å². The molecule has 0 aliphatic carbocycles. The molecule has 0 bridgehead atoms. The highest BCUT2D eigenvalue weighted by atomic mass is 79.9. The molecule has 2 rings (SSSR count).